The third-order valence-electron chi connectivity index (χ3n) is 5.96. The molecule has 1 N–H and O–H groups in total. The molecule has 0 saturated carbocycles. The first kappa shape index (κ1) is 22.1. The van der Waals surface area contributed by atoms with Crippen molar-refractivity contribution < 1.29 is 23.0 Å². The summed E-state index contributed by atoms with van der Waals surface area (Å²) >= 11 is 0. The number of pyridine rings is 1. The number of nitrogens with one attached hydrogen (secondary N) is 1. The number of aromatic nitrogens is 1. The minimum Gasteiger partial charge on any atom is -0.454 e. The fraction of sp³-hybridized carbons (Fsp3) is 0.280. The summed E-state index contributed by atoms with van der Waals surface area (Å²) in [5.41, 5.74) is 1.56. The van der Waals surface area contributed by atoms with Gasteiger partial charge in [0.25, 0.3) is 5.91 Å². The van der Waals surface area contributed by atoms with E-state index in [9.17, 15) is 13.6 Å². The molecule has 3 heterocycles. The Morgan fingerprint density at radius 3 is 2.68 bits per heavy atom. The highest BCUT2D eigenvalue weighted by Crippen LogP contribution is 2.32. The van der Waals surface area contributed by atoms with E-state index < -0.39 is 11.6 Å². The van der Waals surface area contributed by atoms with E-state index in [1.807, 2.05) is 12.1 Å². The van der Waals surface area contributed by atoms with Gasteiger partial charge in [-0.05, 0) is 42.8 Å². The fourth-order valence-electron chi connectivity index (χ4n) is 4.14. The minimum absolute atomic E-state index is 0.156. The molecule has 0 bridgehead atoms. The van der Waals surface area contributed by atoms with E-state index in [1.54, 1.807) is 24.4 Å². The molecule has 3 aromatic rings. The molecule has 2 aliphatic rings. The summed E-state index contributed by atoms with van der Waals surface area (Å²) in [4.78, 5) is 21.4. The summed E-state index contributed by atoms with van der Waals surface area (Å²) in [6.07, 6.45) is 2.53. The van der Waals surface area contributed by atoms with Gasteiger partial charge in [0.15, 0.2) is 11.5 Å². The molecule has 34 heavy (non-hydrogen) atoms. The number of ether oxygens (including phenoxy) is 2. The lowest BCUT2D eigenvalue weighted by atomic mass is 10.2. The van der Waals surface area contributed by atoms with Crippen molar-refractivity contribution >= 4 is 17.4 Å². The topological polar surface area (TPSA) is 66.9 Å². The summed E-state index contributed by atoms with van der Waals surface area (Å²) in [5, 5.41) is 2.85. The second kappa shape index (κ2) is 9.64. The number of carbonyl (C=O) groups excluding carboxylic acids is 1. The molecular formula is C25H24F2N4O3. The van der Waals surface area contributed by atoms with Crippen LogP contribution in [0.4, 0.5) is 20.3 Å². The monoisotopic (exact) mass is 466 g/mol. The van der Waals surface area contributed by atoms with E-state index in [-0.39, 0.29) is 12.7 Å². The van der Waals surface area contributed by atoms with Crippen LogP contribution in [-0.4, -0.2) is 48.8 Å². The Kier molecular flexibility index (Phi) is 6.27. The molecule has 2 aliphatic heterocycles. The summed E-state index contributed by atoms with van der Waals surface area (Å²) in [5.74, 6) is 0.660. The Bertz CT molecular complexity index is 1190. The van der Waals surface area contributed by atoms with Gasteiger partial charge < -0.3 is 19.7 Å². The van der Waals surface area contributed by atoms with Crippen LogP contribution in [0.2, 0.25) is 0 Å². The van der Waals surface area contributed by atoms with Crippen LogP contribution in [0, 0.1) is 11.6 Å². The smallest absolute Gasteiger partial charge is 0.255 e. The molecule has 1 aromatic heterocycles. The van der Waals surface area contributed by atoms with E-state index in [1.165, 1.54) is 12.1 Å². The molecule has 0 aliphatic carbocycles. The molecule has 7 nitrogen and oxygen atoms in total. The largest absolute Gasteiger partial charge is 0.454 e. The first-order chi connectivity index (χ1) is 16.5. The second-order valence-electron chi connectivity index (χ2n) is 8.28. The van der Waals surface area contributed by atoms with E-state index in [0.717, 1.165) is 44.5 Å². The molecule has 5 rings (SSSR count). The number of amides is 1. The van der Waals surface area contributed by atoms with Gasteiger partial charge in [0.2, 0.25) is 6.79 Å². The molecular weight excluding hydrogens is 442 g/mol. The highest BCUT2D eigenvalue weighted by Gasteiger charge is 2.19. The van der Waals surface area contributed by atoms with Gasteiger partial charge >= 0.3 is 0 Å². The van der Waals surface area contributed by atoms with Gasteiger partial charge in [0.05, 0.1) is 11.9 Å². The second-order valence-corrected chi connectivity index (χ2v) is 8.28. The SMILES string of the molecule is O=C(Nc1ccc(N2CCCN(Cc3ccc(F)cc3F)CC2)nc1)c1ccc2c(c1)OCO2. The van der Waals surface area contributed by atoms with Crippen LogP contribution in [0.25, 0.3) is 0 Å². The number of hydrogen-bond acceptors (Lipinski definition) is 6. The zero-order valence-electron chi connectivity index (χ0n) is 18.5. The molecule has 176 valence electrons. The number of anilines is 2. The van der Waals surface area contributed by atoms with Crippen LogP contribution in [0.5, 0.6) is 11.5 Å². The molecule has 1 amide bonds. The van der Waals surface area contributed by atoms with Gasteiger partial charge in [0, 0.05) is 49.9 Å². The van der Waals surface area contributed by atoms with Crippen molar-refractivity contribution in [2.24, 2.45) is 0 Å². The summed E-state index contributed by atoms with van der Waals surface area (Å²) in [7, 11) is 0. The van der Waals surface area contributed by atoms with Crippen LogP contribution in [0.1, 0.15) is 22.3 Å². The fourth-order valence-corrected chi connectivity index (χ4v) is 4.14. The number of carbonyl (C=O) groups is 1. The Morgan fingerprint density at radius 1 is 0.971 bits per heavy atom. The van der Waals surface area contributed by atoms with Gasteiger partial charge in [-0.2, -0.15) is 0 Å². The van der Waals surface area contributed by atoms with Gasteiger partial charge in [-0.15, -0.1) is 0 Å². The molecule has 0 radical (unpaired) electrons. The third-order valence-corrected chi connectivity index (χ3v) is 5.96. The average molecular weight is 466 g/mol. The Balaban J connectivity index is 1.18. The van der Waals surface area contributed by atoms with Gasteiger partial charge in [-0.25, -0.2) is 13.8 Å². The van der Waals surface area contributed by atoms with Crippen molar-refractivity contribution in [2.75, 3.05) is 43.2 Å². The highest BCUT2D eigenvalue weighted by molar-refractivity contribution is 6.04. The molecule has 1 fully saturated rings. The first-order valence-electron chi connectivity index (χ1n) is 11.1. The van der Waals surface area contributed by atoms with Gasteiger partial charge in [-0.1, -0.05) is 6.07 Å². The average Bonchev–Trinajstić information content (AvgIpc) is 3.19. The predicted octanol–water partition coefficient (Wildman–Crippen LogP) is 4.05. The normalized spacial score (nSPS) is 15.8. The number of fused-ring (bicyclic) bond motifs is 1. The number of benzene rings is 2. The van der Waals surface area contributed by atoms with Crippen LogP contribution in [0.3, 0.4) is 0 Å². The Morgan fingerprint density at radius 2 is 1.85 bits per heavy atom. The van der Waals surface area contributed by atoms with Crippen molar-refractivity contribution in [3.63, 3.8) is 0 Å². The predicted molar refractivity (Wildman–Crippen MR) is 123 cm³/mol. The number of rotatable bonds is 5. The summed E-state index contributed by atoms with van der Waals surface area (Å²) < 4.78 is 37.8. The molecule has 0 spiro atoms. The number of halogens is 2. The standard InChI is InChI=1S/C25H24F2N4O3/c26-19-4-2-18(21(27)13-19)15-30-8-1-9-31(11-10-30)24-7-5-20(14-28-24)29-25(32)17-3-6-22-23(12-17)34-16-33-22/h2-7,12-14H,1,8-11,15-16H2,(H,29,32). The van der Waals surface area contributed by atoms with E-state index in [2.05, 4.69) is 20.1 Å². The van der Waals surface area contributed by atoms with Gasteiger partial charge in [-0.3, -0.25) is 9.69 Å². The van der Waals surface area contributed by atoms with Crippen molar-refractivity contribution in [2.45, 2.75) is 13.0 Å². The van der Waals surface area contributed by atoms with Crippen LogP contribution < -0.4 is 19.7 Å². The quantitative estimate of drug-likeness (QED) is 0.612. The molecule has 9 heteroatoms. The van der Waals surface area contributed by atoms with Crippen LogP contribution in [0.15, 0.2) is 54.7 Å². The molecule has 1 saturated heterocycles. The molecule has 2 aromatic carbocycles. The zero-order valence-corrected chi connectivity index (χ0v) is 18.5. The molecule has 0 atom stereocenters. The summed E-state index contributed by atoms with van der Waals surface area (Å²) in [6.45, 7) is 3.70. The summed E-state index contributed by atoms with van der Waals surface area (Å²) in [6, 6.07) is 12.5. The van der Waals surface area contributed by atoms with Crippen molar-refractivity contribution in [1.29, 1.82) is 0 Å². The lowest BCUT2D eigenvalue weighted by Gasteiger charge is -2.23. The van der Waals surface area contributed by atoms with Crippen LogP contribution in [-0.2, 0) is 6.54 Å². The Labute approximate surface area is 195 Å². The van der Waals surface area contributed by atoms with Gasteiger partial charge in [0.1, 0.15) is 17.5 Å². The van der Waals surface area contributed by atoms with E-state index in [0.29, 0.717) is 34.9 Å². The number of nitrogens with zero attached hydrogens (tertiary/aromatic N) is 3. The minimum atomic E-state index is -0.565. The first-order valence-corrected chi connectivity index (χ1v) is 11.1. The zero-order chi connectivity index (χ0) is 23.5. The Hall–Kier alpha value is -3.72. The van der Waals surface area contributed by atoms with Crippen LogP contribution >= 0.6 is 0 Å². The lowest BCUT2D eigenvalue weighted by Crippen LogP contribution is -2.31. The third kappa shape index (κ3) is 4.94. The molecule has 0 unspecified atom stereocenters. The number of hydrogen-bond donors (Lipinski definition) is 1. The highest BCUT2D eigenvalue weighted by atomic mass is 19.1. The van der Waals surface area contributed by atoms with Crippen molar-refractivity contribution in [3.8, 4) is 11.5 Å². The van der Waals surface area contributed by atoms with E-state index >= 15 is 0 Å². The maximum absolute atomic E-state index is 14.0. The van der Waals surface area contributed by atoms with Crippen molar-refractivity contribution in [3.05, 3.63) is 77.5 Å². The maximum Gasteiger partial charge on any atom is 0.255 e. The maximum atomic E-state index is 14.0. The van der Waals surface area contributed by atoms with E-state index in [4.69, 9.17) is 9.47 Å². The lowest BCUT2D eigenvalue weighted by molar-refractivity contribution is 0.102. The van der Waals surface area contributed by atoms with Crippen molar-refractivity contribution in [1.82, 2.24) is 9.88 Å².